The van der Waals surface area contributed by atoms with Gasteiger partial charge in [0.25, 0.3) is 0 Å². The second kappa shape index (κ2) is 4.54. The molecule has 5 heavy (non-hydrogen) atoms. The molecule has 0 aromatic rings. The summed E-state index contributed by atoms with van der Waals surface area (Å²) in [5.41, 5.74) is 0. The average molecular weight is 162 g/mol. The molecule has 0 spiro atoms. The second-order valence-electron chi connectivity index (χ2n) is 0.253. The van der Waals surface area contributed by atoms with Crippen LogP contribution in [0.25, 0.3) is 0 Å². The van der Waals surface area contributed by atoms with Crippen molar-refractivity contribution in [1.82, 2.24) is 0 Å². The van der Waals surface area contributed by atoms with Gasteiger partial charge >= 0.3 is 25.3 Å². The molecule has 0 aliphatic heterocycles. The first-order chi connectivity index (χ1) is 1.73. The molecule has 0 aromatic carbocycles. The fraction of sp³-hybridized carbons (Fsp3) is 0. The van der Waals surface area contributed by atoms with Crippen molar-refractivity contribution in [1.29, 1.82) is 0 Å². The molecule has 0 saturated heterocycles. The SMILES string of the molecule is O=[P+](O)O.[SeH2]. The quantitative estimate of drug-likeness (QED) is 0.344. The number of hydrogen-bond donors (Lipinski definition) is 2. The fourth-order valence-electron chi connectivity index (χ4n) is 0. The number of rotatable bonds is 0. The first-order valence-corrected chi connectivity index (χ1v) is 1.75. The minimum absolute atomic E-state index is 0. The summed E-state index contributed by atoms with van der Waals surface area (Å²) in [4.78, 5) is 14.2. The Labute approximate surface area is 40.4 Å². The van der Waals surface area contributed by atoms with E-state index in [2.05, 4.69) is 0 Å². The summed E-state index contributed by atoms with van der Waals surface area (Å²) in [7, 11) is -2.87. The first kappa shape index (κ1) is 9.11. The van der Waals surface area contributed by atoms with Gasteiger partial charge in [0.15, 0.2) is 0 Å². The Morgan fingerprint density at radius 1 is 1.40 bits per heavy atom. The molecule has 0 unspecified atom stereocenters. The standard InChI is InChI=1S/HO3P.H2Se/c1-4(2)3;/h(H-,1,2,3);1H2/p+1. The van der Waals surface area contributed by atoms with Crippen molar-refractivity contribution in [2.75, 3.05) is 0 Å². The van der Waals surface area contributed by atoms with Gasteiger partial charge in [0.2, 0.25) is 0 Å². The molecule has 0 bridgehead atoms. The third-order valence-corrected chi connectivity index (χ3v) is 0. The molecule has 0 aromatic heterocycles. The molecule has 0 rings (SSSR count). The zero-order chi connectivity index (χ0) is 3.58. The number of hydrogen-bond acceptors (Lipinski definition) is 1. The van der Waals surface area contributed by atoms with Gasteiger partial charge in [0.1, 0.15) is 0 Å². The summed E-state index contributed by atoms with van der Waals surface area (Å²) in [6.07, 6.45) is 0. The van der Waals surface area contributed by atoms with Crippen LogP contribution in [0.5, 0.6) is 0 Å². The van der Waals surface area contributed by atoms with Crippen molar-refractivity contribution in [3.8, 4) is 0 Å². The molecule has 0 radical (unpaired) electrons. The van der Waals surface area contributed by atoms with E-state index >= 15 is 0 Å². The maximum atomic E-state index is 8.70. The van der Waals surface area contributed by atoms with Crippen molar-refractivity contribution in [3.05, 3.63) is 0 Å². The Morgan fingerprint density at radius 3 is 1.40 bits per heavy atom. The van der Waals surface area contributed by atoms with Crippen LogP contribution in [0.2, 0.25) is 0 Å². The molecule has 0 heterocycles. The van der Waals surface area contributed by atoms with Crippen LogP contribution in [0, 0.1) is 0 Å². The van der Waals surface area contributed by atoms with Gasteiger partial charge in [-0.25, -0.2) is 0 Å². The summed E-state index contributed by atoms with van der Waals surface area (Å²) >= 11 is 0. The van der Waals surface area contributed by atoms with Gasteiger partial charge in [0, 0.05) is 4.57 Å². The van der Waals surface area contributed by atoms with E-state index in [0.29, 0.717) is 0 Å². The molecule has 3 nitrogen and oxygen atoms in total. The zero-order valence-corrected chi connectivity index (χ0v) is 5.24. The summed E-state index contributed by atoms with van der Waals surface area (Å²) in [5, 5.41) is 0. The van der Waals surface area contributed by atoms with E-state index in [0.717, 1.165) is 0 Å². The van der Waals surface area contributed by atoms with Gasteiger partial charge in [-0.1, -0.05) is 0 Å². The van der Waals surface area contributed by atoms with Crippen molar-refractivity contribution in [3.63, 3.8) is 0 Å². The maximum absolute atomic E-state index is 8.70. The van der Waals surface area contributed by atoms with E-state index in [9.17, 15) is 0 Å². The average Bonchev–Trinajstić information content (AvgIpc) is 0.811. The van der Waals surface area contributed by atoms with E-state index in [1.54, 1.807) is 0 Å². The predicted molar refractivity (Wildman–Crippen MR) is 20.6 cm³/mol. The van der Waals surface area contributed by atoms with Crippen LogP contribution >= 0.6 is 8.25 Å². The van der Waals surface area contributed by atoms with Crippen molar-refractivity contribution in [2.24, 2.45) is 0 Å². The summed E-state index contributed by atoms with van der Waals surface area (Å²) < 4.78 is 8.70. The van der Waals surface area contributed by atoms with Crippen LogP contribution < -0.4 is 0 Å². The normalized spacial score (nSPS) is 5.20. The molecule has 32 valence electrons. The van der Waals surface area contributed by atoms with E-state index in [1.165, 1.54) is 0 Å². The van der Waals surface area contributed by atoms with Gasteiger partial charge in [-0.05, 0) is 0 Å². The first-order valence-electron chi connectivity index (χ1n) is 0.583. The van der Waals surface area contributed by atoms with E-state index < -0.39 is 8.25 Å². The molecule has 0 aliphatic carbocycles. The molecular weight excluding hydrogens is 158 g/mol. The van der Waals surface area contributed by atoms with Crippen LogP contribution in [0.15, 0.2) is 0 Å². The van der Waals surface area contributed by atoms with Crippen molar-refractivity contribution < 1.29 is 14.4 Å². The topological polar surface area (TPSA) is 57.5 Å². The monoisotopic (exact) mass is 163 g/mol. The van der Waals surface area contributed by atoms with Crippen LogP contribution in [-0.4, -0.2) is 26.9 Å². The Hall–Kier alpha value is 0.539. The molecule has 0 aliphatic rings. The van der Waals surface area contributed by atoms with Crippen molar-refractivity contribution >= 4 is 25.3 Å². The third-order valence-electron chi connectivity index (χ3n) is 0. The van der Waals surface area contributed by atoms with Crippen molar-refractivity contribution in [2.45, 2.75) is 0 Å². The summed E-state index contributed by atoms with van der Waals surface area (Å²) in [5.74, 6) is 0. The van der Waals surface area contributed by atoms with Crippen LogP contribution in [-0.2, 0) is 4.57 Å². The minimum atomic E-state index is -2.87. The molecule has 2 N–H and O–H groups in total. The Balaban J connectivity index is 0. The Bertz CT molecular complexity index is 29.9. The molecule has 0 atom stereocenters. The van der Waals surface area contributed by atoms with Gasteiger partial charge in [-0.3, -0.25) is 0 Å². The predicted octanol–water partition coefficient (Wildman–Crippen LogP) is -1.29. The van der Waals surface area contributed by atoms with E-state index in [4.69, 9.17) is 14.4 Å². The fourth-order valence-corrected chi connectivity index (χ4v) is 0. The zero-order valence-electron chi connectivity index (χ0n) is 2.25. The molecule has 0 saturated carbocycles. The Morgan fingerprint density at radius 2 is 1.40 bits per heavy atom. The molecule has 5 heteroatoms. The van der Waals surface area contributed by atoms with E-state index in [-0.39, 0.29) is 17.1 Å². The third kappa shape index (κ3) is 101. The second-order valence-corrected chi connectivity index (χ2v) is 0.758. The van der Waals surface area contributed by atoms with Gasteiger partial charge < -0.3 is 0 Å². The van der Waals surface area contributed by atoms with Gasteiger partial charge in [-0.2, -0.15) is 0 Å². The van der Waals surface area contributed by atoms with E-state index in [1.807, 2.05) is 0 Å². The molecule has 0 fully saturated rings. The van der Waals surface area contributed by atoms with Gasteiger partial charge in [0.05, 0.1) is 0 Å². The molecular formula is H4O3PSe+. The van der Waals surface area contributed by atoms with Crippen LogP contribution in [0.4, 0.5) is 0 Å². The van der Waals surface area contributed by atoms with Crippen LogP contribution in [0.3, 0.4) is 0 Å². The summed E-state index contributed by atoms with van der Waals surface area (Å²) in [6, 6.07) is 0. The molecule has 0 amide bonds. The van der Waals surface area contributed by atoms with Gasteiger partial charge in [-0.15, -0.1) is 9.79 Å². The Kier molecular flexibility index (Phi) is 8.27. The summed E-state index contributed by atoms with van der Waals surface area (Å²) in [6.45, 7) is 0. The van der Waals surface area contributed by atoms with Crippen LogP contribution in [0.1, 0.15) is 0 Å².